The van der Waals surface area contributed by atoms with E-state index in [9.17, 15) is 4.79 Å². The molecule has 4 heteroatoms. The van der Waals surface area contributed by atoms with Crippen molar-refractivity contribution in [2.24, 2.45) is 10.9 Å². The van der Waals surface area contributed by atoms with Gasteiger partial charge in [0.2, 0.25) is 5.91 Å². The fourth-order valence-corrected chi connectivity index (χ4v) is 2.38. The highest BCUT2D eigenvalue weighted by atomic mass is 16.2. The summed E-state index contributed by atoms with van der Waals surface area (Å²) < 4.78 is 0. The highest BCUT2D eigenvalue weighted by Crippen LogP contribution is 2.21. The fraction of sp³-hybridized carbons (Fsp3) is 0.118. The number of allylic oxidation sites excluding steroid dienone is 6. The summed E-state index contributed by atoms with van der Waals surface area (Å²) in [6, 6.07) is -0.310. The highest BCUT2D eigenvalue weighted by Gasteiger charge is 2.31. The van der Waals surface area contributed by atoms with Crippen molar-refractivity contribution in [2.75, 3.05) is 0 Å². The van der Waals surface area contributed by atoms with Crippen molar-refractivity contribution in [1.29, 1.82) is 0 Å². The molecule has 2 heterocycles. The Hall–Kier alpha value is -2.84. The summed E-state index contributed by atoms with van der Waals surface area (Å²) in [6.07, 6.45) is 17.1. The van der Waals surface area contributed by atoms with Crippen LogP contribution in [0.25, 0.3) is 0 Å². The van der Waals surface area contributed by atoms with Crippen LogP contribution in [0, 0.1) is 5.92 Å². The van der Waals surface area contributed by atoms with E-state index in [1.807, 2.05) is 36.5 Å². The third-order valence-corrected chi connectivity index (χ3v) is 3.42. The molecule has 4 nitrogen and oxygen atoms in total. The number of nitrogens with zero attached hydrogens (tertiary/aromatic N) is 1. The molecule has 2 aliphatic heterocycles. The number of nitrogens with one attached hydrogen (secondary N) is 2. The second kappa shape index (κ2) is 5.65. The minimum absolute atomic E-state index is 0.0198. The zero-order valence-electron chi connectivity index (χ0n) is 11.4. The average molecular weight is 277 g/mol. The van der Waals surface area contributed by atoms with Gasteiger partial charge < -0.3 is 10.6 Å². The van der Waals surface area contributed by atoms with Crippen molar-refractivity contribution in [2.45, 2.75) is 6.04 Å². The molecule has 2 N–H and O–H groups in total. The second-order valence-corrected chi connectivity index (χ2v) is 4.87. The van der Waals surface area contributed by atoms with E-state index in [1.54, 1.807) is 18.5 Å². The van der Waals surface area contributed by atoms with Gasteiger partial charge in [-0.2, -0.15) is 0 Å². The van der Waals surface area contributed by atoms with Crippen LogP contribution in [0.15, 0.2) is 83.0 Å². The third-order valence-electron chi connectivity index (χ3n) is 3.42. The van der Waals surface area contributed by atoms with Gasteiger partial charge in [0.25, 0.3) is 0 Å². The van der Waals surface area contributed by atoms with E-state index in [1.165, 1.54) is 0 Å². The molecule has 2 atom stereocenters. The van der Waals surface area contributed by atoms with Crippen LogP contribution < -0.4 is 10.6 Å². The molecule has 0 bridgehead atoms. The van der Waals surface area contributed by atoms with Crippen LogP contribution in [0.4, 0.5) is 0 Å². The van der Waals surface area contributed by atoms with Gasteiger partial charge in [0.05, 0.1) is 5.82 Å². The molecule has 21 heavy (non-hydrogen) atoms. The summed E-state index contributed by atoms with van der Waals surface area (Å²) in [5.74, 6) is 0.483. The molecule has 3 rings (SSSR count). The second-order valence-electron chi connectivity index (χ2n) is 4.87. The first-order valence-electron chi connectivity index (χ1n) is 6.72. The molecule has 0 spiro atoms. The van der Waals surface area contributed by atoms with Crippen LogP contribution >= 0.6 is 0 Å². The van der Waals surface area contributed by atoms with Gasteiger partial charge in [-0.3, -0.25) is 9.79 Å². The predicted octanol–water partition coefficient (Wildman–Crippen LogP) is 1.89. The minimum Gasteiger partial charge on any atom is -0.360 e. The summed E-state index contributed by atoms with van der Waals surface area (Å²) in [6.45, 7) is 3.73. The lowest BCUT2D eigenvalue weighted by Gasteiger charge is -2.13. The number of aliphatic imine (C=N–C) groups is 1. The number of carbonyl (C=O) groups is 1. The van der Waals surface area contributed by atoms with Crippen LogP contribution in [-0.4, -0.2) is 18.2 Å². The molecular weight excluding hydrogens is 262 g/mol. The summed E-state index contributed by atoms with van der Waals surface area (Å²) in [5.41, 5.74) is 5.16. The molecule has 104 valence electrons. The molecule has 1 amide bonds. The largest absolute Gasteiger partial charge is 0.360 e. The first kappa shape index (κ1) is 13.2. The number of carbonyl (C=O) groups excluding carboxylic acids is 1. The lowest BCUT2D eigenvalue weighted by atomic mass is 9.98. The van der Waals surface area contributed by atoms with Crippen molar-refractivity contribution in [3.8, 4) is 0 Å². The number of hydrogen-bond acceptors (Lipinski definition) is 3. The molecule has 0 aromatic carbocycles. The SMILES string of the molecule is C=C1NC(=O)C(C2C=CC=C(C3=C=CC=NC=C3)C=C2)N1. The lowest BCUT2D eigenvalue weighted by molar-refractivity contribution is -0.120. The van der Waals surface area contributed by atoms with Crippen molar-refractivity contribution in [1.82, 2.24) is 10.6 Å². The average Bonchev–Trinajstić information content (AvgIpc) is 2.74. The van der Waals surface area contributed by atoms with Crippen LogP contribution in [0.1, 0.15) is 0 Å². The van der Waals surface area contributed by atoms with Gasteiger partial charge >= 0.3 is 0 Å². The van der Waals surface area contributed by atoms with Crippen molar-refractivity contribution in [3.05, 3.63) is 78.0 Å². The Kier molecular flexibility index (Phi) is 3.54. The Bertz CT molecular complexity index is 698. The Morgan fingerprint density at radius 2 is 2.19 bits per heavy atom. The molecule has 1 saturated heterocycles. The molecule has 0 aromatic heterocycles. The van der Waals surface area contributed by atoms with Gasteiger partial charge in [0.1, 0.15) is 6.04 Å². The van der Waals surface area contributed by atoms with Crippen LogP contribution in [-0.2, 0) is 4.79 Å². The molecular formula is C17H15N3O. The van der Waals surface area contributed by atoms with Gasteiger partial charge in [-0.25, -0.2) is 0 Å². The van der Waals surface area contributed by atoms with Gasteiger partial charge in [-0.1, -0.05) is 37.0 Å². The predicted molar refractivity (Wildman–Crippen MR) is 83.3 cm³/mol. The topological polar surface area (TPSA) is 53.5 Å². The maximum Gasteiger partial charge on any atom is 0.248 e. The van der Waals surface area contributed by atoms with Crippen molar-refractivity contribution < 1.29 is 4.79 Å². The summed E-state index contributed by atoms with van der Waals surface area (Å²) >= 11 is 0. The van der Waals surface area contributed by atoms with E-state index >= 15 is 0 Å². The first-order valence-corrected chi connectivity index (χ1v) is 6.72. The maximum absolute atomic E-state index is 11.9. The normalized spacial score (nSPS) is 26.9. The van der Waals surface area contributed by atoms with Crippen LogP contribution in [0.5, 0.6) is 0 Å². The van der Waals surface area contributed by atoms with Gasteiger partial charge in [0.15, 0.2) is 0 Å². The molecule has 0 saturated carbocycles. The summed E-state index contributed by atoms with van der Waals surface area (Å²) in [4.78, 5) is 15.9. The Morgan fingerprint density at radius 1 is 1.29 bits per heavy atom. The lowest BCUT2D eigenvalue weighted by Crippen LogP contribution is -2.34. The van der Waals surface area contributed by atoms with Gasteiger partial charge in [0, 0.05) is 23.9 Å². The van der Waals surface area contributed by atoms with Gasteiger partial charge in [-0.05, 0) is 17.7 Å². The van der Waals surface area contributed by atoms with E-state index < -0.39 is 0 Å². The Morgan fingerprint density at radius 3 is 3.00 bits per heavy atom. The number of amides is 1. The minimum atomic E-state index is -0.310. The van der Waals surface area contributed by atoms with E-state index in [-0.39, 0.29) is 17.9 Å². The smallest absolute Gasteiger partial charge is 0.248 e. The van der Waals surface area contributed by atoms with E-state index in [2.05, 4.69) is 27.9 Å². The summed E-state index contributed by atoms with van der Waals surface area (Å²) in [5, 5.41) is 5.75. The van der Waals surface area contributed by atoms with E-state index in [4.69, 9.17) is 0 Å². The number of hydrogen-bond donors (Lipinski definition) is 2. The fourth-order valence-electron chi connectivity index (χ4n) is 2.38. The van der Waals surface area contributed by atoms with Crippen molar-refractivity contribution >= 4 is 12.1 Å². The third kappa shape index (κ3) is 2.86. The first-order chi connectivity index (χ1) is 10.2. The number of rotatable bonds is 2. The molecule has 1 fully saturated rings. The Balaban J connectivity index is 1.81. The highest BCUT2D eigenvalue weighted by molar-refractivity contribution is 5.87. The zero-order chi connectivity index (χ0) is 14.7. The maximum atomic E-state index is 11.9. The van der Waals surface area contributed by atoms with E-state index in [0.29, 0.717) is 5.82 Å². The standard InChI is InChI=1S/C17H15N3O/c1-12-19-16(17(21)20-12)15-5-2-4-13(7-8-15)14-6-3-10-18-11-9-14/h2-5,7-11,15-16,19H,1H2,(H,20,21). The van der Waals surface area contributed by atoms with Crippen LogP contribution in [0.2, 0.25) is 0 Å². The molecule has 1 aliphatic carbocycles. The Labute approximate surface area is 123 Å². The molecule has 3 aliphatic rings. The van der Waals surface area contributed by atoms with Gasteiger partial charge in [-0.15, -0.1) is 5.73 Å². The summed E-state index contributed by atoms with van der Waals surface area (Å²) in [7, 11) is 0. The zero-order valence-corrected chi connectivity index (χ0v) is 11.4. The molecule has 0 aromatic rings. The quantitative estimate of drug-likeness (QED) is 0.757. The molecule has 0 radical (unpaired) electrons. The molecule has 2 unspecified atom stereocenters. The van der Waals surface area contributed by atoms with Crippen LogP contribution in [0.3, 0.4) is 0 Å². The van der Waals surface area contributed by atoms with Crippen molar-refractivity contribution in [3.63, 3.8) is 0 Å². The van der Waals surface area contributed by atoms with E-state index in [0.717, 1.165) is 11.1 Å². The monoisotopic (exact) mass is 277 g/mol.